The van der Waals surface area contributed by atoms with E-state index in [0.29, 0.717) is 5.56 Å². The number of nitrogens with zero attached hydrogens (tertiary/aromatic N) is 2. The molecular weight excluding hydrogens is 136 g/mol. The minimum Gasteiger partial charge on any atom is -0.296 e. The van der Waals surface area contributed by atoms with Crippen LogP contribution in [0.4, 0.5) is 0 Å². The molecule has 0 radical (unpaired) electrons. The zero-order chi connectivity index (χ0) is 8.10. The second-order valence-electron chi connectivity index (χ2n) is 2.12. The summed E-state index contributed by atoms with van der Waals surface area (Å²) >= 11 is 0. The number of aliphatic imine (C=N–C) groups is 1. The topological polar surface area (TPSA) is 36.1 Å². The van der Waals surface area contributed by atoms with Gasteiger partial charge in [0.25, 0.3) is 0 Å². The number of benzene rings is 1. The minimum absolute atomic E-state index is 0.679. The third-order valence-electron chi connectivity index (χ3n) is 1.32. The summed E-state index contributed by atoms with van der Waals surface area (Å²) in [4.78, 5) is 3.85. The third kappa shape index (κ3) is 1.91. The van der Waals surface area contributed by atoms with Gasteiger partial charge in [-0.25, -0.2) is 0 Å². The van der Waals surface area contributed by atoms with Crippen LogP contribution in [0.25, 0.3) is 0 Å². The van der Waals surface area contributed by atoms with Crippen LogP contribution in [0.3, 0.4) is 0 Å². The predicted molar refractivity (Wildman–Crippen MR) is 44.7 cm³/mol. The van der Waals surface area contributed by atoms with Crippen molar-refractivity contribution in [1.29, 1.82) is 5.26 Å². The number of hydrogen-bond donors (Lipinski definition) is 0. The fourth-order valence-electron chi connectivity index (χ4n) is 0.793. The highest BCUT2D eigenvalue weighted by molar-refractivity contribution is 5.79. The lowest BCUT2D eigenvalue weighted by Gasteiger charge is -1.90. The molecule has 1 rings (SSSR count). The van der Waals surface area contributed by atoms with Gasteiger partial charge in [-0.2, -0.15) is 5.26 Å². The van der Waals surface area contributed by atoms with E-state index in [1.54, 1.807) is 25.4 Å². The van der Waals surface area contributed by atoms with E-state index < -0.39 is 0 Å². The van der Waals surface area contributed by atoms with E-state index in [-0.39, 0.29) is 0 Å². The van der Waals surface area contributed by atoms with Crippen LogP contribution in [0, 0.1) is 11.3 Å². The Morgan fingerprint density at radius 3 is 2.45 bits per heavy atom. The molecule has 1 aromatic rings. The van der Waals surface area contributed by atoms with Crippen molar-refractivity contribution >= 4 is 6.21 Å². The van der Waals surface area contributed by atoms with Crippen LogP contribution < -0.4 is 0 Å². The van der Waals surface area contributed by atoms with Gasteiger partial charge in [-0.3, -0.25) is 4.99 Å². The van der Waals surface area contributed by atoms with Crippen molar-refractivity contribution in [3.63, 3.8) is 0 Å². The van der Waals surface area contributed by atoms with Crippen molar-refractivity contribution in [2.75, 3.05) is 7.05 Å². The molecule has 0 unspecified atom stereocenters. The van der Waals surface area contributed by atoms with Gasteiger partial charge in [0, 0.05) is 13.3 Å². The molecule has 0 fully saturated rings. The standard InChI is InChI=1S/C9H8N2/c1-11-7-9-4-2-8(6-10)3-5-9/h2-5,7H,1H3/b11-7+. The molecule has 0 N–H and O–H groups in total. The summed E-state index contributed by atoms with van der Waals surface area (Å²) in [5.74, 6) is 0. The molecule has 54 valence electrons. The minimum atomic E-state index is 0.679. The van der Waals surface area contributed by atoms with Gasteiger partial charge in [-0.05, 0) is 17.7 Å². The van der Waals surface area contributed by atoms with Gasteiger partial charge in [0.1, 0.15) is 0 Å². The molecule has 2 nitrogen and oxygen atoms in total. The Bertz CT molecular complexity index is 290. The maximum absolute atomic E-state index is 8.47. The predicted octanol–water partition coefficient (Wildman–Crippen LogP) is 1.61. The molecule has 0 atom stereocenters. The van der Waals surface area contributed by atoms with Gasteiger partial charge in [0.15, 0.2) is 0 Å². The molecule has 0 saturated carbocycles. The van der Waals surface area contributed by atoms with Crippen molar-refractivity contribution in [2.24, 2.45) is 4.99 Å². The molecule has 0 saturated heterocycles. The molecule has 0 aromatic heterocycles. The van der Waals surface area contributed by atoms with E-state index >= 15 is 0 Å². The lowest BCUT2D eigenvalue weighted by atomic mass is 10.2. The fraction of sp³-hybridized carbons (Fsp3) is 0.111. The van der Waals surface area contributed by atoms with Crippen molar-refractivity contribution in [3.8, 4) is 6.07 Å². The Labute approximate surface area is 65.8 Å². The highest BCUT2D eigenvalue weighted by Crippen LogP contribution is 1.99. The Morgan fingerprint density at radius 2 is 2.00 bits per heavy atom. The summed E-state index contributed by atoms with van der Waals surface area (Å²) < 4.78 is 0. The Balaban J connectivity index is 2.94. The maximum atomic E-state index is 8.47. The molecule has 0 spiro atoms. The summed E-state index contributed by atoms with van der Waals surface area (Å²) in [5, 5.41) is 8.47. The van der Waals surface area contributed by atoms with E-state index in [1.807, 2.05) is 12.1 Å². The Kier molecular flexibility index (Phi) is 2.40. The van der Waals surface area contributed by atoms with Crippen LogP contribution in [0.2, 0.25) is 0 Å². The molecule has 0 aliphatic heterocycles. The Hall–Kier alpha value is -1.62. The quantitative estimate of drug-likeness (QED) is 0.551. The van der Waals surface area contributed by atoms with Gasteiger partial charge in [0.05, 0.1) is 11.6 Å². The van der Waals surface area contributed by atoms with Crippen LogP contribution in [0.15, 0.2) is 29.3 Å². The summed E-state index contributed by atoms with van der Waals surface area (Å²) in [6.07, 6.45) is 1.75. The normalized spacial score (nSPS) is 9.82. The zero-order valence-electron chi connectivity index (χ0n) is 6.28. The molecule has 2 heteroatoms. The largest absolute Gasteiger partial charge is 0.296 e. The molecular formula is C9H8N2. The molecule has 0 heterocycles. The summed E-state index contributed by atoms with van der Waals surface area (Å²) in [5.41, 5.74) is 1.70. The highest BCUT2D eigenvalue weighted by Gasteiger charge is 1.88. The summed E-state index contributed by atoms with van der Waals surface area (Å²) in [7, 11) is 1.72. The van der Waals surface area contributed by atoms with Gasteiger partial charge < -0.3 is 0 Å². The summed E-state index contributed by atoms with van der Waals surface area (Å²) in [6, 6.07) is 9.33. The Morgan fingerprint density at radius 1 is 1.36 bits per heavy atom. The molecule has 1 aromatic carbocycles. The van der Waals surface area contributed by atoms with E-state index in [2.05, 4.69) is 11.1 Å². The average Bonchev–Trinajstić information content (AvgIpc) is 2.07. The second-order valence-corrected chi connectivity index (χ2v) is 2.12. The number of rotatable bonds is 1. The van der Waals surface area contributed by atoms with Gasteiger partial charge in [-0.15, -0.1) is 0 Å². The first-order chi connectivity index (χ1) is 5.36. The number of hydrogen-bond acceptors (Lipinski definition) is 2. The van der Waals surface area contributed by atoms with Crippen LogP contribution >= 0.6 is 0 Å². The molecule has 0 bridgehead atoms. The first-order valence-corrected chi connectivity index (χ1v) is 3.29. The SMILES string of the molecule is C/N=C/c1ccc(C#N)cc1. The van der Waals surface area contributed by atoms with Crippen molar-refractivity contribution in [3.05, 3.63) is 35.4 Å². The van der Waals surface area contributed by atoms with Gasteiger partial charge >= 0.3 is 0 Å². The van der Waals surface area contributed by atoms with Crippen molar-refractivity contribution in [1.82, 2.24) is 0 Å². The van der Waals surface area contributed by atoms with Crippen LogP contribution in [0.5, 0.6) is 0 Å². The van der Waals surface area contributed by atoms with Crippen LogP contribution in [-0.2, 0) is 0 Å². The van der Waals surface area contributed by atoms with Gasteiger partial charge in [0.2, 0.25) is 0 Å². The third-order valence-corrected chi connectivity index (χ3v) is 1.32. The van der Waals surface area contributed by atoms with E-state index in [1.165, 1.54) is 0 Å². The van der Waals surface area contributed by atoms with Crippen molar-refractivity contribution < 1.29 is 0 Å². The summed E-state index contributed by atoms with van der Waals surface area (Å²) in [6.45, 7) is 0. The van der Waals surface area contributed by atoms with E-state index in [4.69, 9.17) is 5.26 Å². The lowest BCUT2D eigenvalue weighted by Crippen LogP contribution is -1.80. The maximum Gasteiger partial charge on any atom is 0.0991 e. The number of nitriles is 1. The van der Waals surface area contributed by atoms with Crippen molar-refractivity contribution in [2.45, 2.75) is 0 Å². The van der Waals surface area contributed by atoms with Gasteiger partial charge in [-0.1, -0.05) is 12.1 Å². The van der Waals surface area contributed by atoms with E-state index in [0.717, 1.165) is 5.56 Å². The molecule has 0 amide bonds. The van der Waals surface area contributed by atoms with Crippen LogP contribution in [-0.4, -0.2) is 13.3 Å². The monoisotopic (exact) mass is 144 g/mol. The molecule has 0 aliphatic rings. The molecule has 0 aliphatic carbocycles. The first kappa shape index (κ1) is 7.49. The lowest BCUT2D eigenvalue weighted by molar-refractivity contribution is 1.45. The zero-order valence-corrected chi connectivity index (χ0v) is 6.28. The average molecular weight is 144 g/mol. The van der Waals surface area contributed by atoms with Crippen LogP contribution in [0.1, 0.15) is 11.1 Å². The van der Waals surface area contributed by atoms with E-state index in [9.17, 15) is 0 Å². The first-order valence-electron chi connectivity index (χ1n) is 3.29. The fourth-order valence-corrected chi connectivity index (χ4v) is 0.793. The highest BCUT2D eigenvalue weighted by atomic mass is 14.6. The molecule has 11 heavy (non-hydrogen) atoms. The smallest absolute Gasteiger partial charge is 0.0991 e. The second kappa shape index (κ2) is 3.52.